The molecule has 7 N–H and O–H groups in total. The Labute approximate surface area is 244 Å². The van der Waals surface area contributed by atoms with Crippen LogP contribution in [0.15, 0.2) is 53.3 Å². The second kappa shape index (κ2) is 10.8. The first-order chi connectivity index (χ1) is 20.3. The number of nitrogens with zero attached hydrogens (tertiary/aromatic N) is 1. The average molecular weight is 596 g/mol. The van der Waals surface area contributed by atoms with Crippen LogP contribution in [-0.4, -0.2) is 87.9 Å². The van der Waals surface area contributed by atoms with Gasteiger partial charge in [0.1, 0.15) is 36.1 Å². The number of hydrogen-bond acceptors (Lipinski definition) is 10. The third-order valence-electron chi connectivity index (χ3n) is 8.36. The number of likely N-dealkylation sites (N-methyl/N-ethyl adjacent to an activating group) is 1. The van der Waals surface area contributed by atoms with Gasteiger partial charge in [0.25, 0.3) is 5.91 Å². The standard InChI is InChI=1S/C30H30FN3O9/c1-34(2)23-18-12-14-11-17-16(13-3-5-15(6-4-13)33-29(41)43-10-9-31)7-8-19(35)21(17)24(36)20(14)26(38)30(18,42)27(39)22(25(23)37)28(32)40/h3-8,14,18,23,35-36,39,42H,9-12H2,1-2H3,(H2,32,40)(H,33,41)/t14-,18-,23?,30-/m1/s1. The number of benzene rings is 2. The smallest absolute Gasteiger partial charge is 0.411 e. The van der Waals surface area contributed by atoms with Gasteiger partial charge in [-0.3, -0.25) is 24.6 Å². The maximum absolute atomic E-state index is 14.0. The van der Waals surface area contributed by atoms with E-state index in [2.05, 4.69) is 10.1 Å². The molecule has 4 atom stereocenters. The zero-order valence-corrected chi connectivity index (χ0v) is 23.3. The van der Waals surface area contributed by atoms with Gasteiger partial charge in [-0.15, -0.1) is 0 Å². The summed E-state index contributed by atoms with van der Waals surface area (Å²) in [6.07, 6.45) is -0.739. The van der Waals surface area contributed by atoms with E-state index in [1.165, 1.54) is 25.1 Å². The highest BCUT2D eigenvalue weighted by atomic mass is 19.1. The molecule has 3 aliphatic rings. The summed E-state index contributed by atoms with van der Waals surface area (Å²) < 4.78 is 16.9. The first kappa shape index (κ1) is 29.7. The Morgan fingerprint density at radius 2 is 1.79 bits per heavy atom. The van der Waals surface area contributed by atoms with Crippen molar-refractivity contribution in [1.82, 2.24) is 4.90 Å². The Balaban J connectivity index is 1.59. The number of aliphatic hydroxyl groups excluding tert-OH is 2. The fourth-order valence-corrected chi connectivity index (χ4v) is 6.53. The molecule has 2 amide bonds. The molecule has 5 rings (SSSR count). The number of carbonyl (C=O) groups is 4. The number of aliphatic hydroxyl groups is 3. The molecule has 2 aromatic rings. The van der Waals surface area contributed by atoms with Crippen LogP contribution >= 0.6 is 0 Å². The highest BCUT2D eigenvalue weighted by molar-refractivity contribution is 6.24. The molecular formula is C30H30FN3O9. The van der Waals surface area contributed by atoms with E-state index in [1.54, 1.807) is 30.3 Å². The molecule has 1 unspecified atom stereocenters. The lowest BCUT2D eigenvalue weighted by atomic mass is 9.57. The molecule has 0 spiro atoms. The minimum Gasteiger partial charge on any atom is -0.508 e. The fraction of sp³-hybridized carbons (Fsp3) is 0.333. The number of fused-ring (bicyclic) bond motifs is 3. The molecule has 0 heterocycles. The number of hydrogen-bond donors (Lipinski definition) is 6. The summed E-state index contributed by atoms with van der Waals surface area (Å²) in [6, 6.07) is 8.30. The van der Waals surface area contributed by atoms with Crippen molar-refractivity contribution in [3.63, 3.8) is 0 Å². The van der Waals surface area contributed by atoms with E-state index in [0.717, 1.165) is 0 Å². The van der Waals surface area contributed by atoms with E-state index in [9.17, 15) is 44.0 Å². The lowest BCUT2D eigenvalue weighted by molar-refractivity contribution is -0.153. The van der Waals surface area contributed by atoms with Gasteiger partial charge in [-0.1, -0.05) is 18.2 Å². The summed E-state index contributed by atoms with van der Waals surface area (Å²) >= 11 is 0. The van der Waals surface area contributed by atoms with Crippen LogP contribution in [0.4, 0.5) is 14.9 Å². The number of halogens is 1. The lowest BCUT2D eigenvalue weighted by Crippen LogP contribution is -2.65. The van der Waals surface area contributed by atoms with Gasteiger partial charge in [-0.05, 0) is 67.7 Å². The number of primary amides is 1. The molecule has 226 valence electrons. The summed E-state index contributed by atoms with van der Waals surface area (Å²) in [7, 11) is 3.06. The molecular weight excluding hydrogens is 565 g/mol. The second-order valence-electron chi connectivity index (χ2n) is 11.0. The minimum atomic E-state index is -2.72. The maximum atomic E-state index is 14.0. The summed E-state index contributed by atoms with van der Waals surface area (Å²) in [4.78, 5) is 52.5. The number of ketones is 2. The van der Waals surface area contributed by atoms with E-state index >= 15 is 0 Å². The number of ether oxygens (including phenoxy) is 1. The monoisotopic (exact) mass is 595 g/mol. The van der Waals surface area contributed by atoms with Gasteiger partial charge < -0.3 is 30.9 Å². The SMILES string of the molecule is CN(C)C1C(=O)C(C(N)=O)=C(O)[C@]2(O)C(=O)C3=C(O)c4c(O)ccc(-c5ccc(NC(=O)OCCF)cc5)c4C[C@@H]3C[C@H]12. The van der Waals surface area contributed by atoms with Gasteiger partial charge in [0, 0.05) is 17.2 Å². The van der Waals surface area contributed by atoms with Gasteiger partial charge in [0.2, 0.25) is 5.78 Å². The number of Topliss-reactive ketones (excluding diaryl/α,β-unsaturated/α-hetero) is 2. The van der Waals surface area contributed by atoms with Crippen LogP contribution in [0.5, 0.6) is 5.75 Å². The number of phenols is 1. The number of nitrogens with two attached hydrogens (primary N) is 1. The van der Waals surface area contributed by atoms with Crippen LogP contribution in [0.3, 0.4) is 0 Å². The largest absolute Gasteiger partial charge is 0.508 e. The first-order valence-electron chi connectivity index (χ1n) is 13.4. The van der Waals surface area contributed by atoms with Crippen LogP contribution in [0.1, 0.15) is 17.5 Å². The van der Waals surface area contributed by atoms with Crippen molar-refractivity contribution >= 4 is 35.0 Å². The number of carbonyl (C=O) groups excluding carboxylic acids is 4. The normalized spacial score (nSPS) is 24.8. The van der Waals surface area contributed by atoms with Crippen molar-refractivity contribution in [1.29, 1.82) is 0 Å². The van der Waals surface area contributed by atoms with E-state index in [-0.39, 0.29) is 36.3 Å². The number of amides is 2. The third kappa shape index (κ3) is 4.61. The zero-order chi connectivity index (χ0) is 31.4. The molecule has 13 heteroatoms. The van der Waals surface area contributed by atoms with Crippen molar-refractivity contribution < 1.29 is 48.7 Å². The molecule has 0 saturated heterocycles. The van der Waals surface area contributed by atoms with Gasteiger partial charge in [-0.2, -0.15) is 0 Å². The summed E-state index contributed by atoms with van der Waals surface area (Å²) in [5.74, 6) is -7.21. The van der Waals surface area contributed by atoms with Crippen molar-refractivity contribution in [2.75, 3.05) is 32.7 Å². The van der Waals surface area contributed by atoms with Crippen molar-refractivity contribution in [2.45, 2.75) is 24.5 Å². The summed E-state index contributed by atoms with van der Waals surface area (Å²) in [5, 5.41) is 47.3. The van der Waals surface area contributed by atoms with Gasteiger partial charge >= 0.3 is 6.09 Å². The predicted molar refractivity (Wildman–Crippen MR) is 151 cm³/mol. The highest BCUT2D eigenvalue weighted by Gasteiger charge is 2.64. The molecule has 0 aromatic heterocycles. The predicted octanol–water partition coefficient (Wildman–Crippen LogP) is 2.15. The molecule has 1 saturated carbocycles. The van der Waals surface area contributed by atoms with Crippen LogP contribution in [-0.2, 0) is 25.5 Å². The van der Waals surface area contributed by atoms with Crippen LogP contribution in [0.2, 0.25) is 0 Å². The first-order valence-corrected chi connectivity index (χ1v) is 13.4. The number of alkyl halides is 1. The molecule has 0 radical (unpaired) electrons. The number of nitrogens with one attached hydrogen (secondary N) is 1. The highest BCUT2D eigenvalue weighted by Crippen LogP contribution is 2.53. The Hall–Kier alpha value is -4.75. The van der Waals surface area contributed by atoms with Gasteiger partial charge in [0.05, 0.1) is 11.6 Å². The van der Waals surface area contributed by atoms with Crippen LogP contribution in [0, 0.1) is 11.8 Å². The number of phenolic OH excluding ortho intramolecular Hbond substituents is 1. The molecule has 2 aromatic carbocycles. The van der Waals surface area contributed by atoms with E-state index < -0.39 is 70.8 Å². The molecule has 43 heavy (non-hydrogen) atoms. The fourth-order valence-electron chi connectivity index (χ4n) is 6.53. The van der Waals surface area contributed by atoms with Crippen LogP contribution < -0.4 is 11.1 Å². The van der Waals surface area contributed by atoms with Gasteiger partial charge in [0.15, 0.2) is 11.4 Å². The zero-order valence-electron chi connectivity index (χ0n) is 23.3. The number of anilines is 1. The lowest BCUT2D eigenvalue weighted by Gasteiger charge is -2.50. The molecule has 12 nitrogen and oxygen atoms in total. The van der Waals surface area contributed by atoms with Crippen molar-refractivity contribution in [3.8, 4) is 16.9 Å². The molecule has 0 bridgehead atoms. The molecule has 0 aliphatic heterocycles. The number of rotatable bonds is 6. The van der Waals surface area contributed by atoms with Crippen molar-refractivity contribution in [2.24, 2.45) is 17.6 Å². The van der Waals surface area contributed by atoms with E-state index in [4.69, 9.17) is 5.73 Å². The second-order valence-corrected chi connectivity index (χ2v) is 11.0. The maximum Gasteiger partial charge on any atom is 0.411 e. The van der Waals surface area contributed by atoms with E-state index in [0.29, 0.717) is 22.4 Å². The summed E-state index contributed by atoms with van der Waals surface area (Å²) in [6.45, 7) is -1.19. The van der Waals surface area contributed by atoms with Gasteiger partial charge in [-0.25, -0.2) is 9.18 Å². The van der Waals surface area contributed by atoms with Crippen molar-refractivity contribution in [3.05, 3.63) is 64.4 Å². The Morgan fingerprint density at radius 1 is 1.12 bits per heavy atom. The molecule has 3 aliphatic carbocycles. The topological polar surface area (TPSA) is 200 Å². The Morgan fingerprint density at radius 3 is 2.40 bits per heavy atom. The number of aromatic hydroxyl groups is 1. The van der Waals surface area contributed by atoms with Crippen LogP contribution in [0.25, 0.3) is 16.9 Å². The molecule has 1 fully saturated rings. The average Bonchev–Trinajstić information content (AvgIpc) is 2.94. The summed E-state index contributed by atoms with van der Waals surface area (Å²) in [5.41, 5.74) is 3.59. The minimum absolute atomic E-state index is 0.0363. The Bertz CT molecular complexity index is 1620. The Kier molecular flexibility index (Phi) is 7.48. The quantitative estimate of drug-likeness (QED) is 0.269. The van der Waals surface area contributed by atoms with E-state index in [1.807, 2.05) is 0 Å². The third-order valence-corrected chi connectivity index (χ3v) is 8.36.